The number of piperidine rings is 1. The molecule has 1 aliphatic rings. The molecule has 116 valence electrons. The van der Waals surface area contributed by atoms with E-state index in [-0.39, 0.29) is 5.91 Å². The van der Waals surface area contributed by atoms with Crippen molar-refractivity contribution in [2.75, 3.05) is 25.0 Å². The van der Waals surface area contributed by atoms with Crippen LogP contribution in [-0.4, -0.2) is 40.6 Å². The summed E-state index contributed by atoms with van der Waals surface area (Å²) in [6.07, 6.45) is 4.70. The zero-order valence-electron chi connectivity index (χ0n) is 12.7. The summed E-state index contributed by atoms with van der Waals surface area (Å²) in [6, 6.07) is 11.7. The van der Waals surface area contributed by atoms with Gasteiger partial charge < -0.3 is 10.2 Å². The van der Waals surface area contributed by atoms with Crippen LogP contribution in [0.15, 0.2) is 42.6 Å². The minimum Gasteiger partial charge on any atom is -0.326 e. The van der Waals surface area contributed by atoms with E-state index < -0.39 is 0 Å². The summed E-state index contributed by atoms with van der Waals surface area (Å²) in [5.41, 5.74) is 2.07. The van der Waals surface area contributed by atoms with Crippen LogP contribution in [0.5, 0.6) is 0 Å². The zero-order valence-corrected chi connectivity index (χ0v) is 12.7. The number of amides is 1. The maximum atomic E-state index is 12.0. The number of anilines is 1. The van der Waals surface area contributed by atoms with Crippen LogP contribution in [0.1, 0.15) is 30.9 Å². The van der Waals surface area contributed by atoms with Crippen LogP contribution in [0.3, 0.4) is 0 Å². The van der Waals surface area contributed by atoms with Crippen LogP contribution in [0, 0.1) is 0 Å². The number of aromatic nitrogens is 2. The van der Waals surface area contributed by atoms with Gasteiger partial charge in [0, 0.05) is 43.0 Å². The molecule has 0 aliphatic carbocycles. The number of aromatic amines is 1. The fraction of sp³-hybridized carbons (Fsp3) is 0.412. The highest BCUT2D eigenvalue weighted by molar-refractivity contribution is 5.90. The van der Waals surface area contributed by atoms with Gasteiger partial charge in [0.25, 0.3) is 0 Å². The van der Waals surface area contributed by atoms with Gasteiger partial charge in [-0.15, -0.1) is 0 Å². The summed E-state index contributed by atoms with van der Waals surface area (Å²) in [7, 11) is 0. The summed E-state index contributed by atoms with van der Waals surface area (Å²) in [5.74, 6) is 0.586. The van der Waals surface area contributed by atoms with Crippen LogP contribution in [-0.2, 0) is 4.79 Å². The summed E-state index contributed by atoms with van der Waals surface area (Å²) < 4.78 is 0. The van der Waals surface area contributed by atoms with E-state index in [9.17, 15) is 4.79 Å². The van der Waals surface area contributed by atoms with Gasteiger partial charge in [0.2, 0.25) is 5.91 Å². The largest absolute Gasteiger partial charge is 0.326 e. The molecule has 1 aliphatic heterocycles. The Hall–Kier alpha value is -2.14. The quantitative estimate of drug-likeness (QED) is 0.892. The molecule has 1 atom stereocenters. The van der Waals surface area contributed by atoms with E-state index in [1.807, 2.05) is 36.5 Å². The number of nitrogens with one attached hydrogen (secondary N) is 2. The van der Waals surface area contributed by atoms with E-state index in [0.717, 1.165) is 25.3 Å². The predicted octanol–water partition coefficient (Wildman–Crippen LogP) is 2.62. The van der Waals surface area contributed by atoms with E-state index in [1.54, 1.807) is 0 Å². The summed E-state index contributed by atoms with van der Waals surface area (Å²) in [6.45, 7) is 2.88. The number of hydrogen-bond acceptors (Lipinski definition) is 3. The Kier molecular flexibility index (Phi) is 4.85. The lowest BCUT2D eigenvalue weighted by atomic mass is 9.95. The number of benzene rings is 1. The molecular formula is C17H22N4O. The zero-order chi connectivity index (χ0) is 15.2. The van der Waals surface area contributed by atoms with Crippen LogP contribution in [0.2, 0.25) is 0 Å². The minimum atomic E-state index is 0.0786. The normalized spacial score (nSPS) is 19.0. The van der Waals surface area contributed by atoms with Gasteiger partial charge in [-0.3, -0.25) is 9.89 Å². The average molecular weight is 298 g/mol. The molecule has 0 radical (unpaired) electrons. The van der Waals surface area contributed by atoms with Crippen molar-refractivity contribution in [3.63, 3.8) is 0 Å². The van der Waals surface area contributed by atoms with Gasteiger partial charge in [0.15, 0.2) is 0 Å². The second-order valence-corrected chi connectivity index (χ2v) is 5.82. The van der Waals surface area contributed by atoms with E-state index in [1.165, 1.54) is 18.5 Å². The molecule has 2 heterocycles. The molecule has 1 fully saturated rings. The molecule has 5 heteroatoms. The van der Waals surface area contributed by atoms with Crippen molar-refractivity contribution in [2.24, 2.45) is 0 Å². The van der Waals surface area contributed by atoms with E-state index in [0.29, 0.717) is 12.3 Å². The first-order valence-corrected chi connectivity index (χ1v) is 7.88. The lowest BCUT2D eigenvalue weighted by Crippen LogP contribution is -2.36. The number of rotatable bonds is 5. The number of likely N-dealkylation sites (tertiary alicyclic amines) is 1. The number of H-pyrrole nitrogens is 1. The predicted molar refractivity (Wildman–Crippen MR) is 86.7 cm³/mol. The van der Waals surface area contributed by atoms with Crippen molar-refractivity contribution in [3.8, 4) is 0 Å². The Labute approximate surface area is 130 Å². The number of carbonyl (C=O) groups is 1. The van der Waals surface area contributed by atoms with Crippen LogP contribution < -0.4 is 5.32 Å². The van der Waals surface area contributed by atoms with Crippen LogP contribution in [0.4, 0.5) is 5.69 Å². The first kappa shape index (κ1) is 14.8. The van der Waals surface area contributed by atoms with Crippen molar-refractivity contribution in [1.29, 1.82) is 0 Å². The summed E-state index contributed by atoms with van der Waals surface area (Å²) in [4.78, 5) is 14.4. The Morgan fingerprint density at radius 1 is 1.32 bits per heavy atom. The molecule has 5 nitrogen and oxygen atoms in total. The minimum absolute atomic E-state index is 0.0786. The van der Waals surface area contributed by atoms with Crippen molar-refractivity contribution in [1.82, 2.24) is 15.1 Å². The van der Waals surface area contributed by atoms with Gasteiger partial charge in [-0.25, -0.2) is 0 Å². The van der Waals surface area contributed by atoms with Crippen molar-refractivity contribution in [2.45, 2.75) is 25.2 Å². The molecule has 1 amide bonds. The maximum absolute atomic E-state index is 12.0. The molecule has 0 bridgehead atoms. The lowest BCUT2D eigenvalue weighted by Gasteiger charge is -2.31. The smallest absolute Gasteiger partial charge is 0.225 e. The molecule has 1 saturated heterocycles. The van der Waals surface area contributed by atoms with E-state index >= 15 is 0 Å². The third kappa shape index (κ3) is 3.95. The van der Waals surface area contributed by atoms with Gasteiger partial charge in [0.1, 0.15) is 0 Å². The Morgan fingerprint density at radius 3 is 2.95 bits per heavy atom. The van der Waals surface area contributed by atoms with E-state index in [4.69, 9.17) is 0 Å². The fourth-order valence-electron chi connectivity index (χ4n) is 3.01. The van der Waals surface area contributed by atoms with Crippen LogP contribution >= 0.6 is 0 Å². The molecule has 2 aromatic rings. The van der Waals surface area contributed by atoms with Gasteiger partial charge in [-0.1, -0.05) is 18.2 Å². The second-order valence-electron chi connectivity index (χ2n) is 5.82. The van der Waals surface area contributed by atoms with Gasteiger partial charge in [-0.05, 0) is 37.6 Å². The molecular weight excluding hydrogens is 276 g/mol. The van der Waals surface area contributed by atoms with E-state index in [2.05, 4.69) is 26.5 Å². The molecule has 22 heavy (non-hydrogen) atoms. The average Bonchev–Trinajstić information content (AvgIpc) is 3.09. The topological polar surface area (TPSA) is 61.0 Å². The fourth-order valence-corrected chi connectivity index (χ4v) is 3.01. The first-order valence-electron chi connectivity index (χ1n) is 7.88. The lowest BCUT2D eigenvalue weighted by molar-refractivity contribution is -0.116. The van der Waals surface area contributed by atoms with Gasteiger partial charge in [0.05, 0.1) is 0 Å². The molecule has 2 N–H and O–H groups in total. The highest BCUT2D eigenvalue weighted by Crippen LogP contribution is 2.25. The maximum Gasteiger partial charge on any atom is 0.225 e. The van der Waals surface area contributed by atoms with Crippen molar-refractivity contribution in [3.05, 3.63) is 48.3 Å². The highest BCUT2D eigenvalue weighted by atomic mass is 16.1. The number of para-hydroxylation sites is 1. The van der Waals surface area contributed by atoms with Gasteiger partial charge in [-0.2, -0.15) is 5.10 Å². The highest BCUT2D eigenvalue weighted by Gasteiger charge is 2.22. The standard InChI is InChI=1S/C17H22N4O/c22-17(19-15-6-2-1-3-7-15)9-12-21-11-4-5-14(13-21)16-8-10-18-20-16/h1-3,6-8,10,14H,4-5,9,11-13H2,(H,18,20)(H,19,22)/t14-/m0/s1. The van der Waals surface area contributed by atoms with Gasteiger partial charge >= 0.3 is 0 Å². The van der Waals surface area contributed by atoms with Crippen molar-refractivity contribution >= 4 is 11.6 Å². The first-order chi connectivity index (χ1) is 10.8. The summed E-state index contributed by atoms with van der Waals surface area (Å²) in [5, 5.41) is 10.0. The Bertz CT molecular complexity index is 582. The Morgan fingerprint density at radius 2 is 2.18 bits per heavy atom. The number of carbonyl (C=O) groups excluding carboxylic acids is 1. The molecule has 1 aromatic carbocycles. The van der Waals surface area contributed by atoms with Crippen LogP contribution in [0.25, 0.3) is 0 Å². The Balaban J connectivity index is 1.46. The monoisotopic (exact) mass is 298 g/mol. The molecule has 0 unspecified atom stereocenters. The van der Waals surface area contributed by atoms with Crippen molar-refractivity contribution < 1.29 is 4.79 Å². The number of nitrogens with zero attached hydrogens (tertiary/aromatic N) is 2. The SMILES string of the molecule is O=C(CCN1CCC[C@H](c2ccn[nH]2)C1)Nc1ccccc1. The third-order valence-electron chi connectivity index (χ3n) is 4.18. The second kappa shape index (κ2) is 7.22. The summed E-state index contributed by atoms with van der Waals surface area (Å²) >= 11 is 0. The molecule has 1 aromatic heterocycles. The number of hydrogen-bond donors (Lipinski definition) is 2. The molecule has 0 spiro atoms. The third-order valence-corrected chi connectivity index (χ3v) is 4.18. The molecule has 3 rings (SSSR count). The molecule has 0 saturated carbocycles.